The Balaban J connectivity index is 1.33. The van der Waals surface area contributed by atoms with Gasteiger partial charge in [0.2, 0.25) is 5.91 Å². The number of fused-ring (bicyclic) bond motifs is 1. The normalized spacial score (nSPS) is 22.9. The summed E-state index contributed by atoms with van der Waals surface area (Å²) >= 11 is 0. The average Bonchev–Trinajstić information content (AvgIpc) is 3.72. The lowest BCUT2D eigenvalue weighted by atomic mass is 10.00. The number of nitrogens with one attached hydrogen (secondary N) is 1. The Morgan fingerprint density at radius 3 is 2.46 bits per heavy atom. The van der Waals surface area contributed by atoms with Crippen molar-refractivity contribution < 1.29 is 9.59 Å². The van der Waals surface area contributed by atoms with Crippen LogP contribution in [0.15, 0.2) is 30.0 Å². The zero-order valence-electron chi connectivity index (χ0n) is 21.9. The number of allylic oxidation sites excluding steroid dienone is 4. The second kappa shape index (κ2) is 10.3. The van der Waals surface area contributed by atoms with E-state index in [2.05, 4.69) is 23.2 Å². The summed E-state index contributed by atoms with van der Waals surface area (Å²) in [6.07, 6.45) is 15.7. The molecule has 8 heteroatoms. The summed E-state index contributed by atoms with van der Waals surface area (Å²) in [4.78, 5) is 35.1. The fourth-order valence-corrected chi connectivity index (χ4v) is 5.86. The van der Waals surface area contributed by atoms with Gasteiger partial charge in [0.1, 0.15) is 11.5 Å². The predicted molar refractivity (Wildman–Crippen MR) is 144 cm³/mol. The van der Waals surface area contributed by atoms with E-state index in [1.165, 1.54) is 19.3 Å². The van der Waals surface area contributed by atoms with Gasteiger partial charge in [-0.25, -0.2) is 4.98 Å². The van der Waals surface area contributed by atoms with E-state index in [-0.39, 0.29) is 23.8 Å². The first-order valence-corrected chi connectivity index (χ1v) is 14.2. The van der Waals surface area contributed by atoms with Gasteiger partial charge < -0.3 is 15.1 Å². The number of nitrogens with zero attached hydrogens (tertiary/aromatic N) is 5. The first-order valence-electron chi connectivity index (χ1n) is 14.2. The van der Waals surface area contributed by atoms with Crippen molar-refractivity contribution in [2.45, 2.75) is 83.6 Å². The molecule has 2 saturated heterocycles. The molecule has 196 valence electrons. The van der Waals surface area contributed by atoms with E-state index in [9.17, 15) is 9.59 Å². The maximum absolute atomic E-state index is 13.7. The lowest BCUT2D eigenvalue weighted by molar-refractivity contribution is -0.121. The molecule has 2 aromatic rings. The van der Waals surface area contributed by atoms with E-state index >= 15 is 0 Å². The number of hydrogen-bond acceptors (Lipinski definition) is 5. The molecule has 8 nitrogen and oxygen atoms in total. The third kappa shape index (κ3) is 5.15. The minimum absolute atomic E-state index is 0.0359. The predicted octanol–water partition coefficient (Wildman–Crippen LogP) is 4.71. The molecule has 0 spiro atoms. The van der Waals surface area contributed by atoms with E-state index in [0.717, 1.165) is 99.4 Å². The van der Waals surface area contributed by atoms with Crippen LogP contribution >= 0.6 is 0 Å². The molecule has 0 radical (unpaired) electrons. The summed E-state index contributed by atoms with van der Waals surface area (Å²) < 4.78 is 1.93. The molecule has 0 aromatic carbocycles. The minimum Gasteiger partial charge on any atom is -0.356 e. The third-order valence-corrected chi connectivity index (χ3v) is 8.33. The molecule has 2 aromatic heterocycles. The van der Waals surface area contributed by atoms with Gasteiger partial charge in [-0.2, -0.15) is 9.61 Å². The van der Waals surface area contributed by atoms with Crippen LogP contribution in [0.3, 0.4) is 0 Å². The van der Waals surface area contributed by atoms with Crippen LogP contribution in [-0.2, 0) is 4.79 Å². The molecule has 4 heterocycles. The van der Waals surface area contributed by atoms with Crippen molar-refractivity contribution in [3.8, 4) is 0 Å². The summed E-state index contributed by atoms with van der Waals surface area (Å²) in [6, 6.07) is 4.22. The summed E-state index contributed by atoms with van der Waals surface area (Å²) in [7, 11) is 0. The lowest BCUT2D eigenvalue weighted by Gasteiger charge is -2.30. The van der Waals surface area contributed by atoms with Crippen molar-refractivity contribution in [2.24, 2.45) is 5.92 Å². The number of piperidine rings is 1. The fourth-order valence-electron chi connectivity index (χ4n) is 5.86. The molecule has 1 atom stereocenters. The largest absolute Gasteiger partial charge is 0.356 e. The minimum atomic E-state index is 0.0359. The molecular weight excluding hydrogens is 464 g/mol. The van der Waals surface area contributed by atoms with Crippen LogP contribution in [0.5, 0.6) is 0 Å². The molecule has 1 N–H and O–H groups in total. The number of amides is 2. The Bertz CT molecular complexity index is 1250. The monoisotopic (exact) mass is 502 g/mol. The van der Waals surface area contributed by atoms with Gasteiger partial charge in [-0.05, 0) is 76.4 Å². The number of anilines is 1. The summed E-state index contributed by atoms with van der Waals surface area (Å²) in [5.41, 5.74) is 4.25. The molecule has 2 aliphatic heterocycles. The van der Waals surface area contributed by atoms with Crippen molar-refractivity contribution in [3.05, 3.63) is 41.4 Å². The van der Waals surface area contributed by atoms with Gasteiger partial charge in [0.25, 0.3) is 5.91 Å². The summed E-state index contributed by atoms with van der Waals surface area (Å²) in [5, 5.41) is 8.06. The second-order valence-electron chi connectivity index (χ2n) is 11.2. The van der Waals surface area contributed by atoms with E-state index in [0.29, 0.717) is 5.69 Å². The van der Waals surface area contributed by atoms with Gasteiger partial charge in [0.05, 0.1) is 5.69 Å². The Hall–Kier alpha value is -3.16. The Labute approximate surface area is 218 Å². The van der Waals surface area contributed by atoms with Crippen LogP contribution in [0, 0.1) is 5.92 Å². The molecule has 37 heavy (non-hydrogen) atoms. The maximum atomic E-state index is 13.7. The van der Waals surface area contributed by atoms with Crippen LogP contribution in [-0.4, -0.2) is 57.0 Å². The number of rotatable bonds is 5. The lowest BCUT2D eigenvalue weighted by Crippen LogP contribution is -2.39. The van der Waals surface area contributed by atoms with E-state index in [1.54, 1.807) is 0 Å². The van der Waals surface area contributed by atoms with E-state index in [1.807, 2.05) is 27.6 Å². The van der Waals surface area contributed by atoms with E-state index in [4.69, 9.17) is 10.1 Å². The molecule has 2 amide bonds. The standard InChI is InChI=1S/C29H38N6O2/c1-20-8-4-2-7-17-34(20)29(37)25-19-27(33-15-5-3-6-16-33)35-26(31-25)18-24(32-35)21-11-13-23(14-12-21)30-28(36)22-9-10-22/h11,13,18-20,22H,2-10,12,14-17H2,1H3,(H,30,36). The topological polar surface area (TPSA) is 82.8 Å². The highest BCUT2D eigenvalue weighted by molar-refractivity contribution is 5.94. The molecule has 1 unspecified atom stereocenters. The number of likely N-dealkylation sites (tertiary alicyclic amines) is 1. The van der Waals surface area contributed by atoms with Gasteiger partial charge >= 0.3 is 0 Å². The Morgan fingerprint density at radius 1 is 0.919 bits per heavy atom. The highest BCUT2D eigenvalue weighted by Crippen LogP contribution is 2.32. The molecular formula is C29H38N6O2. The number of aromatic nitrogens is 3. The van der Waals surface area contributed by atoms with Crippen LogP contribution < -0.4 is 10.2 Å². The average molecular weight is 503 g/mol. The van der Waals surface area contributed by atoms with Crippen LogP contribution in [0.1, 0.15) is 93.7 Å². The Kier molecular flexibility index (Phi) is 6.74. The molecule has 2 aliphatic carbocycles. The molecule has 4 aliphatic rings. The molecule has 6 rings (SSSR count). The van der Waals surface area contributed by atoms with E-state index < -0.39 is 0 Å². The van der Waals surface area contributed by atoms with Crippen molar-refractivity contribution in [2.75, 3.05) is 24.5 Å². The third-order valence-electron chi connectivity index (χ3n) is 8.33. The smallest absolute Gasteiger partial charge is 0.272 e. The van der Waals surface area contributed by atoms with Crippen molar-refractivity contribution in [3.63, 3.8) is 0 Å². The summed E-state index contributed by atoms with van der Waals surface area (Å²) in [5.74, 6) is 1.36. The molecule has 0 bridgehead atoms. The van der Waals surface area contributed by atoms with Gasteiger partial charge in [-0.15, -0.1) is 0 Å². The van der Waals surface area contributed by atoms with Gasteiger partial charge in [-0.1, -0.05) is 18.9 Å². The second-order valence-corrected chi connectivity index (χ2v) is 11.2. The van der Waals surface area contributed by atoms with Crippen molar-refractivity contribution in [1.29, 1.82) is 0 Å². The first kappa shape index (κ1) is 24.2. The van der Waals surface area contributed by atoms with Crippen LogP contribution in [0.2, 0.25) is 0 Å². The van der Waals surface area contributed by atoms with Crippen molar-refractivity contribution >= 4 is 28.9 Å². The zero-order chi connectivity index (χ0) is 25.4. The molecule has 1 saturated carbocycles. The number of carbonyl (C=O) groups excluding carboxylic acids is 2. The first-order chi connectivity index (χ1) is 18.1. The van der Waals surface area contributed by atoms with Gasteiger partial charge in [0, 0.05) is 49.4 Å². The highest BCUT2D eigenvalue weighted by atomic mass is 16.2. The van der Waals surface area contributed by atoms with Crippen molar-refractivity contribution in [1.82, 2.24) is 24.8 Å². The fraction of sp³-hybridized carbons (Fsp3) is 0.586. The SMILES string of the molecule is CC1CCCCCN1C(=O)c1cc(N2CCCCC2)n2nc(C3=CC=C(NC(=O)C4CC4)CC3)cc2n1. The zero-order valence-corrected chi connectivity index (χ0v) is 21.9. The number of hydrogen-bond donors (Lipinski definition) is 1. The highest BCUT2D eigenvalue weighted by Gasteiger charge is 2.30. The van der Waals surface area contributed by atoms with Gasteiger partial charge in [0.15, 0.2) is 5.65 Å². The van der Waals surface area contributed by atoms with Crippen LogP contribution in [0.25, 0.3) is 11.2 Å². The maximum Gasteiger partial charge on any atom is 0.272 e. The van der Waals surface area contributed by atoms with Gasteiger partial charge in [-0.3, -0.25) is 9.59 Å². The van der Waals surface area contributed by atoms with Crippen LogP contribution in [0.4, 0.5) is 5.82 Å². The molecule has 3 fully saturated rings. The number of carbonyl (C=O) groups is 2. The Morgan fingerprint density at radius 2 is 1.70 bits per heavy atom. The summed E-state index contributed by atoms with van der Waals surface area (Å²) in [6.45, 7) is 4.90. The quantitative estimate of drug-likeness (QED) is 0.640.